The van der Waals surface area contributed by atoms with Gasteiger partial charge in [0, 0.05) is 18.4 Å². The molecule has 128 valence electrons. The number of fused-ring (bicyclic) bond motifs is 1. The van der Waals surface area contributed by atoms with Crippen LogP contribution in [0.15, 0.2) is 42.5 Å². The zero-order valence-corrected chi connectivity index (χ0v) is 13.5. The summed E-state index contributed by atoms with van der Waals surface area (Å²) in [7, 11) is 1.49. The highest BCUT2D eigenvalue weighted by Crippen LogP contribution is 2.24. The van der Waals surface area contributed by atoms with Gasteiger partial charge < -0.3 is 15.2 Å². The molecule has 0 bridgehead atoms. The van der Waals surface area contributed by atoms with Gasteiger partial charge in [-0.1, -0.05) is 0 Å². The van der Waals surface area contributed by atoms with Crippen molar-refractivity contribution >= 4 is 23.4 Å². The van der Waals surface area contributed by atoms with Crippen LogP contribution in [-0.2, 0) is 4.74 Å². The third-order valence-corrected chi connectivity index (χ3v) is 3.88. The molecule has 0 unspecified atom stereocenters. The minimum Gasteiger partial charge on any atom is -0.508 e. The number of methoxy groups -OCH3 is 1. The van der Waals surface area contributed by atoms with Gasteiger partial charge in [-0.2, -0.15) is 0 Å². The van der Waals surface area contributed by atoms with Crippen LogP contribution >= 0.6 is 0 Å². The largest absolute Gasteiger partial charge is 0.508 e. The molecule has 0 fully saturated rings. The van der Waals surface area contributed by atoms with E-state index >= 15 is 0 Å². The minimum atomic E-state index is -0.434. The van der Waals surface area contributed by atoms with Crippen LogP contribution in [0.3, 0.4) is 0 Å². The summed E-state index contributed by atoms with van der Waals surface area (Å²) >= 11 is 0. The lowest BCUT2D eigenvalue weighted by molar-refractivity contribution is 0.0603. The first-order valence-corrected chi connectivity index (χ1v) is 7.61. The van der Waals surface area contributed by atoms with Crippen molar-refractivity contribution in [1.82, 2.24) is 4.90 Å². The van der Waals surface area contributed by atoms with E-state index < -0.39 is 11.8 Å². The predicted molar refractivity (Wildman–Crippen MR) is 89.7 cm³/mol. The Morgan fingerprint density at radius 2 is 1.76 bits per heavy atom. The number of amides is 3. The molecule has 0 radical (unpaired) electrons. The number of nitrogens with zero attached hydrogens (tertiary/aromatic N) is 1. The standard InChI is InChI=1S/C18H16N2O5/c1-25-9-8-20-17(23)14-7-2-11(10-15(14)18(20)24)16(22)19-12-3-5-13(21)6-4-12/h2-7,10,21H,8-9H2,1H3,(H,19,22). The molecule has 2 aromatic rings. The Labute approximate surface area is 143 Å². The van der Waals surface area contributed by atoms with E-state index in [-0.39, 0.29) is 41.5 Å². The first-order chi connectivity index (χ1) is 12.0. The lowest BCUT2D eigenvalue weighted by Crippen LogP contribution is -2.32. The van der Waals surface area contributed by atoms with Gasteiger partial charge in [0.2, 0.25) is 0 Å². The van der Waals surface area contributed by atoms with Gasteiger partial charge in [0.25, 0.3) is 17.7 Å². The quantitative estimate of drug-likeness (QED) is 0.640. The molecule has 0 aromatic heterocycles. The molecule has 0 spiro atoms. The number of ether oxygens (including phenoxy) is 1. The van der Waals surface area contributed by atoms with Crippen molar-refractivity contribution in [3.63, 3.8) is 0 Å². The normalized spacial score (nSPS) is 13.1. The highest BCUT2D eigenvalue weighted by atomic mass is 16.5. The van der Waals surface area contributed by atoms with Crippen LogP contribution in [0.2, 0.25) is 0 Å². The molecule has 3 rings (SSSR count). The average molecular weight is 340 g/mol. The van der Waals surface area contributed by atoms with Gasteiger partial charge >= 0.3 is 0 Å². The Bertz CT molecular complexity index is 845. The second-order valence-electron chi connectivity index (χ2n) is 5.52. The summed E-state index contributed by atoms with van der Waals surface area (Å²) in [6.45, 7) is 0.414. The van der Waals surface area contributed by atoms with E-state index in [2.05, 4.69) is 5.32 Å². The molecular formula is C18H16N2O5. The molecule has 7 nitrogen and oxygen atoms in total. The minimum absolute atomic E-state index is 0.0933. The molecule has 1 aliphatic rings. The van der Waals surface area contributed by atoms with Crippen molar-refractivity contribution in [2.24, 2.45) is 0 Å². The summed E-state index contributed by atoms with van der Waals surface area (Å²) in [6.07, 6.45) is 0. The van der Waals surface area contributed by atoms with Crippen LogP contribution in [0, 0.1) is 0 Å². The van der Waals surface area contributed by atoms with E-state index in [1.807, 2.05) is 0 Å². The van der Waals surface area contributed by atoms with E-state index in [1.165, 1.54) is 37.4 Å². The molecular weight excluding hydrogens is 324 g/mol. The van der Waals surface area contributed by atoms with Crippen molar-refractivity contribution in [2.45, 2.75) is 0 Å². The summed E-state index contributed by atoms with van der Waals surface area (Å²) in [6, 6.07) is 10.4. The maximum Gasteiger partial charge on any atom is 0.261 e. The van der Waals surface area contributed by atoms with Crippen molar-refractivity contribution in [3.05, 3.63) is 59.2 Å². The topological polar surface area (TPSA) is 95.9 Å². The number of carbonyl (C=O) groups is 3. The highest BCUT2D eigenvalue weighted by Gasteiger charge is 2.35. The fourth-order valence-corrected chi connectivity index (χ4v) is 2.57. The summed E-state index contributed by atoms with van der Waals surface area (Å²) < 4.78 is 4.91. The number of hydrogen-bond acceptors (Lipinski definition) is 5. The number of anilines is 1. The van der Waals surface area contributed by atoms with E-state index in [9.17, 15) is 19.5 Å². The third-order valence-electron chi connectivity index (χ3n) is 3.88. The van der Waals surface area contributed by atoms with Crippen LogP contribution in [0.5, 0.6) is 5.75 Å². The Balaban J connectivity index is 1.81. The zero-order chi connectivity index (χ0) is 18.0. The van der Waals surface area contributed by atoms with Crippen LogP contribution in [-0.4, -0.2) is 48.0 Å². The number of carbonyl (C=O) groups excluding carboxylic acids is 3. The second-order valence-corrected chi connectivity index (χ2v) is 5.52. The van der Waals surface area contributed by atoms with Crippen molar-refractivity contribution in [1.29, 1.82) is 0 Å². The number of phenolic OH excluding ortho intramolecular Hbond substituents is 1. The van der Waals surface area contributed by atoms with Gasteiger partial charge in [0.05, 0.1) is 24.3 Å². The number of benzene rings is 2. The average Bonchev–Trinajstić information content (AvgIpc) is 2.85. The third kappa shape index (κ3) is 3.22. The molecule has 25 heavy (non-hydrogen) atoms. The summed E-state index contributed by atoms with van der Waals surface area (Å²) in [5.74, 6) is -1.14. The Morgan fingerprint density at radius 1 is 1.08 bits per heavy atom. The SMILES string of the molecule is COCCN1C(=O)c2ccc(C(=O)Nc3ccc(O)cc3)cc2C1=O. The smallest absolute Gasteiger partial charge is 0.261 e. The molecule has 1 heterocycles. The highest BCUT2D eigenvalue weighted by molar-refractivity contribution is 6.22. The fraction of sp³-hybridized carbons (Fsp3) is 0.167. The van der Waals surface area contributed by atoms with Crippen LogP contribution < -0.4 is 5.32 Å². The van der Waals surface area contributed by atoms with Gasteiger partial charge in [0.1, 0.15) is 5.75 Å². The van der Waals surface area contributed by atoms with E-state index in [1.54, 1.807) is 12.1 Å². The number of rotatable bonds is 5. The summed E-state index contributed by atoms with van der Waals surface area (Å²) in [4.78, 5) is 38.1. The van der Waals surface area contributed by atoms with Gasteiger partial charge in [-0.25, -0.2) is 0 Å². The summed E-state index contributed by atoms with van der Waals surface area (Å²) in [5.41, 5.74) is 1.26. The zero-order valence-electron chi connectivity index (χ0n) is 13.5. The number of phenols is 1. The number of imide groups is 1. The molecule has 0 saturated heterocycles. The van der Waals surface area contributed by atoms with Crippen molar-refractivity contribution in [2.75, 3.05) is 25.6 Å². The molecule has 0 aliphatic carbocycles. The first-order valence-electron chi connectivity index (χ1n) is 7.61. The number of nitrogens with one attached hydrogen (secondary N) is 1. The van der Waals surface area contributed by atoms with Gasteiger partial charge in [-0.15, -0.1) is 0 Å². The molecule has 7 heteroatoms. The Kier molecular flexibility index (Phi) is 4.49. The Hall–Kier alpha value is -3.19. The molecule has 2 aromatic carbocycles. The number of aromatic hydroxyl groups is 1. The monoisotopic (exact) mass is 340 g/mol. The van der Waals surface area contributed by atoms with Gasteiger partial charge in [0.15, 0.2) is 0 Å². The van der Waals surface area contributed by atoms with Crippen LogP contribution in [0.1, 0.15) is 31.1 Å². The van der Waals surface area contributed by atoms with Gasteiger partial charge in [-0.3, -0.25) is 19.3 Å². The van der Waals surface area contributed by atoms with E-state index in [0.29, 0.717) is 5.69 Å². The van der Waals surface area contributed by atoms with Crippen molar-refractivity contribution < 1.29 is 24.2 Å². The molecule has 0 saturated carbocycles. The number of hydrogen-bond donors (Lipinski definition) is 2. The van der Waals surface area contributed by atoms with Gasteiger partial charge in [-0.05, 0) is 42.5 Å². The molecule has 0 atom stereocenters. The summed E-state index contributed by atoms with van der Waals surface area (Å²) in [5, 5.41) is 11.9. The first kappa shape index (κ1) is 16.7. The second kappa shape index (κ2) is 6.74. The molecule has 3 amide bonds. The Morgan fingerprint density at radius 3 is 2.44 bits per heavy atom. The lowest BCUT2D eigenvalue weighted by Gasteiger charge is -2.12. The van der Waals surface area contributed by atoms with E-state index in [4.69, 9.17) is 4.74 Å². The molecule has 1 aliphatic heterocycles. The fourth-order valence-electron chi connectivity index (χ4n) is 2.57. The maximum atomic E-state index is 12.4. The van der Waals surface area contributed by atoms with Crippen LogP contribution in [0.25, 0.3) is 0 Å². The lowest BCUT2D eigenvalue weighted by atomic mass is 10.1. The van der Waals surface area contributed by atoms with Crippen molar-refractivity contribution in [3.8, 4) is 5.75 Å². The maximum absolute atomic E-state index is 12.4. The van der Waals surface area contributed by atoms with E-state index in [0.717, 1.165) is 4.90 Å². The predicted octanol–water partition coefficient (Wildman–Crippen LogP) is 1.89. The van der Waals surface area contributed by atoms with Crippen LogP contribution in [0.4, 0.5) is 5.69 Å². The molecule has 2 N–H and O–H groups in total.